The number of carboxylic acids is 1. The highest BCUT2D eigenvalue weighted by atomic mass is 32.2. The van der Waals surface area contributed by atoms with Gasteiger partial charge in [0.2, 0.25) is 0 Å². The van der Waals surface area contributed by atoms with Crippen LogP contribution in [0.1, 0.15) is 0 Å². The van der Waals surface area contributed by atoms with Gasteiger partial charge in [0.05, 0.1) is 0 Å². The molecular formula is C2HF3O3S. The molecule has 0 aliphatic rings. The third-order valence-corrected chi connectivity index (χ3v) is 1.03. The van der Waals surface area contributed by atoms with Gasteiger partial charge in [-0.1, -0.05) is 0 Å². The Labute approximate surface area is 50.2 Å². The summed E-state index contributed by atoms with van der Waals surface area (Å²) in [5.41, 5.74) is 0. The minimum atomic E-state index is -4.78. The summed E-state index contributed by atoms with van der Waals surface area (Å²) >= 11 is -4.14. The lowest BCUT2D eigenvalue weighted by molar-refractivity contribution is -0.153. The quantitative estimate of drug-likeness (QED) is 0.594. The van der Waals surface area contributed by atoms with Crippen LogP contribution in [-0.2, 0) is 16.0 Å². The van der Waals surface area contributed by atoms with Crippen molar-refractivity contribution in [1.82, 2.24) is 0 Å². The summed E-state index contributed by atoms with van der Waals surface area (Å²) in [5, 5.41) is 2.65. The molecule has 1 atom stereocenters. The predicted molar refractivity (Wildman–Crippen MR) is 21.8 cm³/mol. The van der Waals surface area contributed by atoms with Gasteiger partial charge in [-0.05, 0) is 0 Å². The Morgan fingerprint density at radius 3 is 1.89 bits per heavy atom. The molecule has 0 radical (unpaired) electrons. The minimum Gasteiger partial charge on any atom is -0.476 e. The fourth-order valence-electron chi connectivity index (χ4n) is 0.0686. The molecule has 0 bridgehead atoms. The summed E-state index contributed by atoms with van der Waals surface area (Å²) in [5.74, 6) is -2.73. The van der Waals surface area contributed by atoms with Crippen molar-refractivity contribution in [2.24, 2.45) is 0 Å². The maximum atomic E-state index is 11.4. The summed E-state index contributed by atoms with van der Waals surface area (Å²) in [4.78, 5) is 9.28. The average Bonchev–Trinajstić information content (AvgIpc) is 1.65. The van der Waals surface area contributed by atoms with E-state index in [0.717, 1.165) is 0 Å². The number of hydrogen-bond acceptors (Lipinski definition) is 2. The van der Waals surface area contributed by atoms with Crippen LogP contribution in [0.5, 0.6) is 0 Å². The Morgan fingerprint density at radius 1 is 1.56 bits per heavy atom. The third kappa shape index (κ3) is 1.67. The molecule has 3 nitrogen and oxygen atoms in total. The Kier molecular flexibility index (Phi) is 2.19. The highest BCUT2D eigenvalue weighted by molar-refractivity contribution is 7.81. The van der Waals surface area contributed by atoms with Crippen molar-refractivity contribution in [3.05, 3.63) is 0 Å². The van der Waals surface area contributed by atoms with E-state index in [2.05, 4.69) is 0 Å². The van der Waals surface area contributed by atoms with Crippen molar-refractivity contribution in [3.8, 4) is 0 Å². The molecule has 1 N–H and O–H groups in total. The summed E-state index contributed by atoms with van der Waals surface area (Å²) in [6.07, 6.45) is 0. The van der Waals surface area contributed by atoms with Crippen LogP contribution in [0.4, 0.5) is 12.7 Å². The van der Waals surface area contributed by atoms with Crippen molar-refractivity contribution in [3.63, 3.8) is 0 Å². The molecule has 9 heavy (non-hydrogen) atoms. The second-order valence-corrected chi connectivity index (χ2v) is 2.01. The van der Waals surface area contributed by atoms with Crippen LogP contribution in [0, 0.1) is 0 Å². The van der Waals surface area contributed by atoms with Crippen LogP contribution < -0.4 is 0 Å². The molecule has 0 fully saturated rings. The third-order valence-electron chi connectivity index (χ3n) is 0.451. The van der Waals surface area contributed by atoms with E-state index in [4.69, 9.17) is 5.11 Å². The highest BCUT2D eigenvalue weighted by Gasteiger charge is 2.47. The lowest BCUT2D eigenvalue weighted by Crippen LogP contribution is -2.30. The first-order valence-electron chi connectivity index (χ1n) is 1.58. The van der Waals surface area contributed by atoms with E-state index in [0.29, 0.717) is 0 Å². The highest BCUT2D eigenvalue weighted by Crippen LogP contribution is 2.18. The van der Waals surface area contributed by atoms with Gasteiger partial charge in [-0.3, -0.25) is 0 Å². The van der Waals surface area contributed by atoms with Crippen LogP contribution in [0.25, 0.3) is 0 Å². The smallest absolute Gasteiger partial charge is 0.444 e. The molecule has 0 saturated carbocycles. The Balaban J connectivity index is 4.38. The zero-order chi connectivity index (χ0) is 7.65. The Morgan fingerprint density at radius 2 is 1.89 bits per heavy atom. The summed E-state index contributed by atoms with van der Waals surface area (Å²) in [6.45, 7) is 0. The van der Waals surface area contributed by atoms with E-state index in [1.54, 1.807) is 0 Å². The SMILES string of the molecule is O=C(O)C(F)(F)S(=O)F. The van der Waals surface area contributed by atoms with Gasteiger partial charge in [0, 0.05) is 0 Å². The predicted octanol–water partition coefficient (Wildman–Crippen LogP) is 0.297. The van der Waals surface area contributed by atoms with E-state index in [1.807, 2.05) is 0 Å². The number of carboxylic acid groups (broad SMARTS) is 1. The maximum absolute atomic E-state index is 11.4. The first kappa shape index (κ1) is 8.41. The molecule has 0 aliphatic carbocycles. The van der Waals surface area contributed by atoms with E-state index < -0.39 is 22.4 Å². The molecular weight excluding hydrogens is 161 g/mol. The van der Waals surface area contributed by atoms with Gasteiger partial charge in [0.15, 0.2) is 0 Å². The second kappa shape index (κ2) is 2.34. The summed E-state index contributed by atoms with van der Waals surface area (Å²) in [7, 11) is 0. The van der Waals surface area contributed by atoms with Crippen molar-refractivity contribution >= 4 is 17.2 Å². The number of carbonyl (C=O) groups is 1. The lowest BCUT2D eigenvalue weighted by atomic mass is 10.7. The van der Waals surface area contributed by atoms with Crippen LogP contribution in [-0.4, -0.2) is 20.5 Å². The van der Waals surface area contributed by atoms with E-state index >= 15 is 0 Å². The zero-order valence-corrected chi connectivity index (χ0v) is 4.62. The molecule has 0 aromatic heterocycles. The number of hydrogen-bond donors (Lipinski definition) is 1. The molecule has 0 spiro atoms. The first-order chi connectivity index (χ1) is 3.89. The fourth-order valence-corrected chi connectivity index (χ4v) is 0.206. The number of rotatable bonds is 2. The molecule has 0 aliphatic heterocycles. The maximum Gasteiger partial charge on any atom is 0.444 e. The molecule has 54 valence electrons. The molecule has 0 saturated heterocycles. The van der Waals surface area contributed by atoms with Gasteiger partial charge < -0.3 is 5.11 Å². The van der Waals surface area contributed by atoms with Crippen molar-refractivity contribution in [1.29, 1.82) is 0 Å². The number of halogens is 3. The summed E-state index contributed by atoms with van der Waals surface area (Å²) in [6, 6.07) is 0. The second-order valence-electron chi connectivity index (χ2n) is 1.05. The topological polar surface area (TPSA) is 54.4 Å². The Bertz CT molecular complexity index is 139. The van der Waals surface area contributed by atoms with Crippen molar-refractivity contribution in [2.75, 3.05) is 0 Å². The standard InChI is InChI=1S/C2HF3O3S/c3-2(4,1(6)7)9(5)8/h(H,6,7). The van der Waals surface area contributed by atoms with Gasteiger partial charge in [-0.2, -0.15) is 8.78 Å². The molecule has 0 rings (SSSR count). The van der Waals surface area contributed by atoms with Gasteiger partial charge in [-0.15, -0.1) is 3.89 Å². The molecule has 0 amide bonds. The minimum absolute atomic E-state index is 2.73. The largest absolute Gasteiger partial charge is 0.476 e. The van der Waals surface area contributed by atoms with Crippen LogP contribution in [0.2, 0.25) is 0 Å². The Hall–Kier alpha value is -0.590. The van der Waals surface area contributed by atoms with E-state index in [1.165, 1.54) is 0 Å². The van der Waals surface area contributed by atoms with E-state index in [9.17, 15) is 21.7 Å². The van der Waals surface area contributed by atoms with E-state index in [-0.39, 0.29) is 0 Å². The normalized spacial score (nSPS) is 15.0. The molecule has 1 unspecified atom stereocenters. The molecule has 7 heteroatoms. The summed E-state index contributed by atoms with van der Waals surface area (Å²) < 4.78 is 43.1. The number of aliphatic carboxylic acids is 1. The number of alkyl halides is 2. The zero-order valence-electron chi connectivity index (χ0n) is 3.81. The van der Waals surface area contributed by atoms with Crippen LogP contribution in [0.15, 0.2) is 0 Å². The van der Waals surface area contributed by atoms with Crippen molar-refractivity contribution < 1.29 is 26.8 Å². The molecule has 0 heterocycles. The van der Waals surface area contributed by atoms with Gasteiger partial charge in [-0.25, -0.2) is 9.00 Å². The monoisotopic (exact) mass is 162 g/mol. The van der Waals surface area contributed by atoms with Crippen LogP contribution >= 0.6 is 0 Å². The first-order valence-corrected chi connectivity index (χ1v) is 2.63. The van der Waals surface area contributed by atoms with Gasteiger partial charge >= 0.3 is 11.2 Å². The van der Waals surface area contributed by atoms with Crippen LogP contribution in [0.3, 0.4) is 0 Å². The lowest BCUT2D eigenvalue weighted by Gasteiger charge is -2.01. The van der Waals surface area contributed by atoms with Crippen molar-refractivity contribution in [2.45, 2.75) is 5.25 Å². The van der Waals surface area contributed by atoms with Gasteiger partial charge in [0.25, 0.3) is 11.2 Å². The average molecular weight is 162 g/mol. The molecule has 0 aromatic rings. The molecule has 0 aromatic carbocycles. The van der Waals surface area contributed by atoms with Gasteiger partial charge in [0.1, 0.15) is 0 Å². The fraction of sp³-hybridized carbons (Fsp3) is 0.500.